The fraction of sp³-hybridized carbons (Fsp3) is 0.600. The fourth-order valence-electron chi connectivity index (χ4n) is 4.52. The first kappa shape index (κ1) is 28.8. The van der Waals surface area contributed by atoms with Gasteiger partial charge in [-0.25, -0.2) is 0 Å². The average molecular weight is 489 g/mol. The Balaban J connectivity index is 3.00. The molecular formula is C30H49O3P. The molecule has 0 fully saturated rings. The molecule has 0 saturated heterocycles. The van der Waals surface area contributed by atoms with E-state index in [9.17, 15) is 0 Å². The Hall–Kier alpha value is -1.41. The molecule has 0 unspecified atom stereocenters. The summed E-state index contributed by atoms with van der Waals surface area (Å²) in [6.07, 6.45) is 0. The zero-order valence-corrected chi connectivity index (χ0v) is 25.2. The molecule has 34 heavy (non-hydrogen) atoms. The van der Waals surface area contributed by atoms with Gasteiger partial charge < -0.3 is 0 Å². The van der Waals surface area contributed by atoms with E-state index in [1.54, 1.807) is 14.2 Å². The van der Waals surface area contributed by atoms with E-state index in [-0.39, 0.29) is 21.7 Å². The van der Waals surface area contributed by atoms with Gasteiger partial charge in [-0.15, -0.1) is 0 Å². The first-order chi connectivity index (χ1) is 15.3. The van der Waals surface area contributed by atoms with Crippen molar-refractivity contribution in [1.82, 2.24) is 0 Å². The van der Waals surface area contributed by atoms with Crippen molar-refractivity contribution in [2.75, 3.05) is 14.2 Å². The Bertz CT molecular complexity index is 927. The zero-order chi connectivity index (χ0) is 26.3. The molecule has 2 rings (SSSR count). The van der Waals surface area contributed by atoms with Gasteiger partial charge in [-0.2, -0.15) is 0 Å². The first-order valence-corrected chi connectivity index (χ1v) is 14.1. The van der Waals surface area contributed by atoms with Crippen molar-refractivity contribution >= 4 is 13.2 Å². The number of rotatable bonds is 5. The van der Waals surface area contributed by atoms with E-state index < -0.39 is 7.94 Å². The Morgan fingerprint density at radius 3 is 1.06 bits per heavy atom. The molecule has 0 heterocycles. The molecule has 0 spiro atoms. The molecule has 0 amide bonds. The van der Waals surface area contributed by atoms with Crippen LogP contribution in [0.4, 0.5) is 0 Å². The zero-order valence-electron chi connectivity index (χ0n) is 24.2. The van der Waals surface area contributed by atoms with Gasteiger partial charge in [-0.1, -0.05) is 0 Å². The Labute approximate surface area is 210 Å². The van der Waals surface area contributed by atoms with E-state index in [0.29, 0.717) is 0 Å². The third-order valence-electron chi connectivity index (χ3n) is 6.39. The van der Waals surface area contributed by atoms with Gasteiger partial charge in [0.2, 0.25) is 0 Å². The minimum absolute atomic E-state index is 0.103. The van der Waals surface area contributed by atoms with Crippen LogP contribution in [-0.2, 0) is 30.7 Å². The average Bonchev–Trinajstić information content (AvgIpc) is 2.68. The van der Waals surface area contributed by atoms with Gasteiger partial charge in [0, 0.05) is 0 Å². The minimum atomic E-state index is -3.39. The predicted octanol–water partition coefficient (Wildman–Crippen LogP) is 8.37. The van der Waals surface area contributed by atoms with Crippen molar-refractivity contribution < 1.29 is 13.6 Å². The Morgan fingerprint density at radius 1 is 0.500 bits per heavy atom. The molecule has 0 atom stereocenters. The van der Waals surface area contributed by atoms with Gasteiger partial charge in [-0.3, -0.25) is 0 Å². The maximum atomic E-state index is 7.17. The van der Waals surface area contributed by atoms with Crippen LogP contribution in [0.15, 0.2) is 36.4 Å². The van der Waals surface area contributed by atoms with Crippen LogP contribution in [0.1, 0.15) is 105 Å². The number of hydrogen-bond acceptors (Lipinski definition) is 3. The quantitative estimate of drug-likeness (QED) is 0.396. The van der Waals surface area contributed by atoms with Gasteiger partial charge in [0.25, 0.3) is 0 Å². The predicted molar refractivity (Wildman–Crippen MR) is 150 cm³/mol. The van der Waals surface area contributed by atoms with Crippen molar-refractivity contribution in [3.8, 4) is 5.75 Å². The van der Waals surface area contributed by atoms with E-state index in [1.807, 2.05) is 0 Å². The summed E-state index contributed by atoms with van der Waals surface area (Å²) in [5.74, 6) is 0.890. The van der Waals surface area contributed by atoms with Crippen LogP contribution >= 0.6 is 7.94 Å². The number of benzene rings is 2. The van der Waals surface area contributed by atoms with Crippen LogP contribution in [0.5, 0.6) is 5.75 Å². The third kappa shape index (κ3) is 5.86. The van der Waals surface area contributed by atoms with Gasteiger partial charge in [0.1, 0.15) is 0 Å². The van der Waals surface area contributed by atoms with E-state index in [4.69, 9.17) is 13.6 Å². The third-order valence-corrected chi connectivity index (χ3v) is 9.09. The van der Waals surface area contributed by atoms with Gasteiger partial charge >= 0.3 is 210 Å². The molecule has 192 valence electrons. The van der Waals surface area contributed by atoms with Crippen LogP contribution in [-0.4, -0.2) is 14.2 Å². The van der Waals surface area contributed by atoms with E-state index in [0.717, 1.165) is 22.2 Å². The second-order valence-corrected chi connectivity index (χ2v) is 16.1. The summed E-state index contributed by atoms with van der Waals surface area (Å²) in [4.78, 5) is 0. The summed E-state index contributed by atoms with van der Waals surface area (Å²) in [7, 11) is 0.0789. The van der Waals surface area contributed by atoms with Crippen LogP contribution in [0.3, 0.4) is 0 Å². The SMILES string of the molecule is CO[PH](OC)(Oc1c(C(C)(C)C)cccc1C(C)(C)C)c1c(C(C)(C)C)cccc1C(C)(C)C. The normalized spacial score (nSPS) is 14.3. The fourth-order valence-corrected chi connectivity index (χ4v) is 7.43. The monoisotopic (exact) mass is 488 g/mol. The van der Waals surface area contributed by atoms with Crippen molar-refractivity contribution in [3.63, 3.8) is 0 Å². The summed E-state index contributed by atoms with van der Waals surface area (Å²) < 4.78 is 19.9. The van der Waals surface area contributed by atoms with Gasteiger partial charge in [-0.05, 0) is 0 Å². The molecule has 0 aliphatic rings. The van der Waals surface area contributed by atoms with Gasteiger partial charge in [0.15, 0.2) is 0 Å². The molecule has 0 saturated carbocycles. The second kappa shape index (κ2) is 9.57. The molecule has 0 bridgehead atoms. The number of hydrogen-bond donors (Lipinski definition) is 0. The summed E-state index contributed by atoms with van der Waals surface area (Å²) in [6.45, 7) is 26.8. The Kier molecular flexibility index (Phi) is 8.11. The van der Waals surface area contributed by atoms with Gasteiger partial charge in [0.05, 0.1) is 0 Å². The molecule has 0 aliphatic carbocycles. The molecule has 0 radical (unpaired) electrons. The van der Waals surface area contributed by atoms with E-state index in [1.165, 1.54) is 11.1 Å². The first-order valence-electron chi connectivity index (χ1n) is 12.4. The molecule has 3 nitrogen and oxygen atoms in total. The van der Waals surface area contributed by atoms with Crippen LogP contribution in [0.2, 0.25) is 0 Å². The van der Waals surface area contributed by atoms with Crippen LogP contribution in [0.25, 0.3) is 0 Å². The van der Waals surface area contributed by atoms with Crippen LogP contribution < -0.4 is 9.83 Å². The second-order valence-electron chi connectivity index (χ2n) is 13.5. The summed E-state index contributed by atoms with van der Waals surface area (Å²) in [5, 5.41) is 1.09. The molecular weight excluding hydrogens is 439 g/mol. The Morgan fingerprint density at radius 2 is 0.794 bits per heavy atom. The van der Waals surface area contributed by atoms with Crippen molar-refractivity contribution in [2.24, 2.45) is 0 Å². The van der Waals surface area contributed by atoms with E-state index in [2.05, 4.69) is 119 Å². The van der Waals surface area contributed by atoms with E-state index >= 15 is 0 Å². The molecule has 0 aromatic heterocycles. The summed E-state index contributed by atoms with van der Waals surface area (Å²) >= 11 is 0. The molecule has 2 aromatic rings. The van der Waals surface area contributed by atoms with Crippen LogP contribution in [0, 0.1) is 0 Å². The number of para-hydroxylation sites is 1. The molecule has 0 N–H and O–H groups in total. The molecule has 2 aromatic carbocycles. The molecule has 0 aliphatic heterocycles. The van der Waals surface area contributed by atoms with Crippen molar-refractivity contribution in [2.45, 2.75) is 105 Å². The summed E-state index contributed by atoms with van der Waals surface area (Å²) in [6, 6.07) is 13.0. The van der Waals surface area contributed by atoms with Crippen molar-refractivity contribution in [3.05, 3.63) is 58.7 Å². The summed E-state index contributed by atoms with van der Waals surface area (Å²) in [5.41, 5.74) is 4.33. The topological polar surface area (TPSA) is 27.7 Å². The maximum absolute atomic E-state index is 7.17. The van der Waals surface area contributed by atoms with Crippen molar-refractivity contribution in [1.29, 1.82) is 0 Å². The molecule has 4 heteroatoms. The standard InChI is InChI=1S/C30H49O3P/c1-27(2,3)21-17-15-18-22(28(4,5)6)25(21)33-34(31-13,32-14)26-23(29(7,8)9)19-16-20-24(26)30(10,11)12/h15-20,34H,1-14H3.